The van der Waals surface area contributed by atoms with Crippen LogP contribution in [0.2, 0.25) is 5.15 Å². The van der Waals surface area contributed by atoms with E-state index in [0.29, 0.717) is 17.1 Å². The third-order valence-corrected chi connectivity index (χ3v) is 2.75. The molecule has 0 fully saturated rings. The molecule has 2 rings (SSSR count). The smallest absolute Gasteiger partial charge is 0.231 e. The lowest BCUT2D eigenvalue weighted by Crippen LogP contribution is -2.17. The van der Waals surface area contributed by atoms with Gasteiger partial charge in [0.25, 0.3) is 0 Å². The minimum absolute atomic E-state index is 0.180. The van der Waals surface area contributed by atoms with E-state index >= 15 is 0 Å². The van der Waals surface area contributed by atoms with Gasteiger partial charge in [-0.25, -0.2) is 9.97 Å². The van der Waals surface area contributed by atoms with Crippen LogP contribution in [0.4, 0.5) is 11.6 Å². The molecule has 3 N–H and O–H groups in total. The summed E-state index contributed by atoms with van der Waals surface area (Å²) in [6.45, 7) is 2.02. The summed E-state index contributed by atoms with van der Waals surface area (Å²) in [6.07, 6.45) is 0.180. The summed E-state index contributed by atoms with van der Waals surface area (Å²) in [7, 11) is 0. The number of halogens is 1. The summed E-state index contributed by atoms with van der Waals surface area (Å²) in [5.74, 6) is 0.608. The predicted octanol–water partition coefficient (Wildman–Crippen LogP) is 2.43. The molecule has 7 heteroatoms. The third-order valence-electron chi connectivity index (χ3n) is 2.55. The number of carbonyl (C=O) groups is 1. The summed E-state index contributed by atoms with van der Waals surface area (Å²) in [5.41, 5.74) is 6.91. The van der Waals surface area contributed by atoms with Crippen LogP contribution in [0.3, 0.4) is 0 Å². The maximum atomic E-state index is 11.7. The van der Waals surface area contributed by atoms with Gasteiger partial charge in [0, 0.05) is 11.4 Å². The molecule has 0 atom stereocenters. The van der Waals surface area contributed by atoms with Crippen LogP contribution in [0.25, 0.3) is 0 Å². The number of hydrogen-bond acceptors (Lipinski definition) is 5. The van der Waals surface area contributed by atoms with E-state index in [0.717, 1.165) is 0 Å². The van der Waals surface area contributed by atoms with Crippen LogP contribution in [0.15, 0.2) is 30.3 Å². The molecule has 0 saturated carbocycles. The van der Waals surface area contributed by atoms with Crippen LogP contribution < -0.4 is 15.8 Å². The predicted molar refractivity (Wildman–Crippen MR) is 81.4 cm³/mol. The van der Waals surface area contributed by atoms with Crippen molar-refractivity contribution in [3.05, 3.63) is 41.2 Å². The van der Waals surface area contributed by atoms with Crippen molar-refractivity contribution in [2.75, 3.05) is 17.7 Å². The van der Waals surface area contributed by atoms with Gasteiger partial charge in [-0.1, -0.05) is 11.6 Å². The Morgan fingerprint density at radius 1 is 1.33 bits per heavy atom. The van der Waals surface area contributed by atoms with Crippen molar-refractivity contribution >= 4 is 29.1 Å². The minimum Gasteiger partial charge on any atom is -0.493 e. The number of carbonyl (C=O) groups excluding carboxylic acids is 1. The van der Waals surface area contributed by atoms with E-state index in [-0.39, 0.29) is 30.0 Å². The minimum atomic E-state index is -0.243. The highest BCUT2D eigenvalue weighted by Crippen LogP contribution is 2.13. The number of aromatic nitrogens is 2. The first-order chi connectivity index (χ1) is 10.0. The van der Waals surface area contributed by atoms with Crippen molar-refractivity contribution in [2.45, 2.75) is 13.3 Å². The Morgan fingerprint density at radius 3 is 2.71 bits per heavy atom. The molecule has 2 aromatic rings. The standard InChI is InChI=1S/C14H15ClN4O2/c1-9-8-12(15)18-14(17-9)19-13(20)6-7-21-11-4-2-10(16)3-5-11/h2-5,8H,6-7,16H2,1H3,(H,17,18,19,20). The Morgan fingerprint density at radius 2 is 2.05 bits per heavy atom. The van der Waals surface area contributed by atoms with Gasteiger partial charge in [0.05, 0.1) is 13.0 Å². The number of nitrogens with zero attached hydrogens (tertiary/aromatic N) is 2. The zero-order valence-corrected chi connectivity index (χ0v) is 12.2. The Balaban J connectivity index is 1.80. The highest BCUT2D eigenvalue weighted by Gasteiger charge is 2.06. The molecule has 0 saturated heterocycles. The lowest BCUT2D eigenvalue weighted by molar-refractivity contribution is -0.116. The molecule has 0 aliphatic heterocycles. The van der Waals surface area contributed by atoms with Crippen LogP contribution in [-0.2, 0) is 4.79 Å². The van der Waals surface area contributed by atoms with Crippen LogP contribution >= 0.6 is 11.6 Å². The first kappa shape index (κ1) is 15.1. The van der Waals surface area contributed by atoms with Gasteiger partial charge in [-0.15, -0.1) is 0 Å². The summed E-state index contributed by atoms with van der Waals surface area (Å²) >= 11 is 5.79. The van der Waals surface area contributed by atoms with E-state index in [1.165, 1.54) is 0 Å². The summed E-state index contributed by atoms with van der Waals surface area (Å²) in [4.78, 5) is 19.7. The second-order valence-electron chi connectivity index (χ2n) is 4.37. The molecule has 1 aromatic carbocycles. The Kier molecular flexibility index (Phi) is 4.94. The van der Waals surface area contributed by atoms with E-state index in [9.17, 15) is 4.79 Å². The molecule has 0 aliphatic carbocycles. The molecule has 0 bridgehead atoms. The van der Waals surface area contributed by atoms with E-state index in [2.05, 4.69) is 15.3 Å². The number of hydrogen-bond donors (Lipinski definition) is 2. The number of nitrogens with two attached hydrogens (primary N) is 1. The van der Waals surface area contributed by atoms with Crippen LogP contribution in [-0.4, -0.2) is 22.5 Å². The normalized spacial score (nSPS) is 10.2. The number of amides is 1. The van der Waals surface area contributed by atoms with Crippen molar-refractivity contribution in [1.29, 1.82) is 0 Å². The van der Waals surface area contributed by atoms with Gasteiger partial charge in [-0.2, -0.15) is 0 Å². The fourth-order valence-corrected chi connectivity index (χ4v) is 1.84. The second kappa shape index (κ2) is 6.90. The maximum absolute atomic E-state index is 11.7. The molecule has 0 radical (unpaired) electrons. The van der Waals surface area contributed by atoms with E-state index < -0.39 is 0 Å². The fourth-order valence-electron chi connectivity index (χ4n) is 1.60. The van der Waals surface area contributed by atoms with E-state index in [1.807, 2.05) is 0 Å². The molecule has 110 valence electrons. The number of ether oxygens (including phenoxy) is 1. The maximum Gasteiger partial charge on any atom is 0.231 e. The zero-order valence-electron chi connectivity index (χ0n) is 11.5. The van der Waals surface area contributed by atoms with Crippen molar-refractivity contribution < 1.29 is 9.53 Å². The first-order valence-electron chi connectivity index (χ1n) is 6.32. The number of nitrogen functional groups attached to an aromatic ring is 1. The molecule has 1 amide bonds. The van der Waals surface area contributed by atoms with Crippen molar-refractivity contribution in [2.24, 2.45) is 0 Å². The molecule has 0 aliphatic rings. The van der Waals surface area contributed by atoms with Gasteiger partial charge < -0.3 is 10.5 Å². The number of benzene rings is 1. The number of aryl methyl sites for hydroxylation is 1. The highest BCUT2D eigenvalue weighted by molar-refractivity contribution is 6.29. The van der Waals surface area contributed by atoms with Crippen molar-refractivity contribution in [1.82, 2.24) is 9.97 Å². The highest BCUT2D eigenvalue weighted by atomic mass is 35.5. The van der Waals surface area contributed by atoms with Gasteiger partial charge >= 0.3 is 0 Å². The number of nitrogens with one attached hydrogen (secondary N) is 1. The topological polar surface area (TPSA) is 90.1 Å². The number of anilines is 2. The number of rotatable bonds is 5. The molecule has 21 heavy (non-hydrogen) atoms. The molecular weight excluding hydrogens is 292 g/mol. The van der Waals surface area contributed by atoms with E-state index in [4.69, 9.17) is 22.1 Å². The van der Waals surface area contributed by atoms with Crippen molar-refractivity contribution in [3.8, 4) is 5.75 Å². The van der Waals surface area contributed by atoms with Crippen LogP contribution in [0.5, 0.6) is 5.75 Å². The van der Waals surface area contributed by atoms with Gasteiger partial charge in [-0.05, 0) is 37.3 Å². The molecule has 1 aromatic heterocycles. The molecule has 0 spiro atoms. The lowest BCUT2D eigenvalue weighted by atomic mass is 10.3. The van der Waals surface area contributed by atoms with Gasteiger partial charge in [0.1, 0.15) is 10.9 Å². The van der Waals surface area contributed by atoms with Crippen LogP contribution in [0.1, 0.15) is 12.1 Å². The average molecular weight is 307 g/mol. The molecule has 0 unspecified atom stereocenters. The summed E-state index contributed by atoms with van der Waals surface area (Å²) in [6, 6.07) is 8.57. The zero-order chi connectivity index (χ0) is 15.2. The van der Waals surface area contributed by atoms with Gasteiger partial charge in [-0.3, -0.25) is 10.1 Å². The Hall–Kier alpha value is -2.34. The van der Waals surface area contributed by atoms with E-state index in [1.54, 1.807) is 37.3 Å². The second-order valence-corrected chi connectivity index (χ2v) is 4.76. The molecular formula is C14H15ClN4O2. The lowest BCUT2D eigenvalue weighted by Gasteiger charge is -2.07. The molecule has 6 nitrogen and oxygen atoms in total. The van der Waals surface area contributed by atoms with Crippen molar-refractivity contribution in [3.63, 3.8) is 0 Å². The summed E-state index contributed by atoms with van der Waals surface area (Å²) in [5, 5.41) is 2.86. The van der Waals surface area contributed by atoms with Crippen LogP contribution in [0, 0.1) is 6.92 Å². The monoisotopic (exact) mass is 306 g/mol. The Bertz CT molecular complexity index is 611. The van der Waals surface area contributed by atoms with Gasteiger partial charge in [0.15, 0.2) is 0 Å². The van der Waals surface area contributed by atoms with Gasteiger partial charge in [0.2, 0.25) is 11.9 Å². The molecule has 1 heterocycles. The SMILES string of the molecule is Cc1cc(Cl)nc(NC(=O)CCOc2ccc(N)cc2)n1. The fraction of sp³-hybridized carbons (Fsp3) is 0.214. The average Bonchev–Trinajstić information content (AvgIpc) is 2.39. The Labute approximate surface area is 127 Å². The largest absolute Gasteiger partial charge is 0.493 e. The first-order valence-corrected chi connectivity index (χ1v) is 6.70. The summed E-state index contributed by atoms with van der Waals surface area (Å²) < 4.78 is 5.43. The quantitative estimate of drug-likeness (QED) is 0.654. The third kappa shape index (κ3) is 4.92.